The Morgan fingerprint density at radius 2 is 2.00 bits per heavy atom. The maximum atomic E-state index is 11.5. The number of amides is 1. The van der Waals surface area contributed by atoms with Gasteiger partial charge in [0, 0.05) is 16.4 Å². The monoisotopic (exact) mass is 328 g/mol. The third-order valence-corrected chi connectivity index (χ3v) is 3.55. The van der Waals surface area contributed by atoms with Gasteiger partial charge in [-0.3, -0.25) is 4.79 Å². The van der Waals surface area contributed by atoms with Crippen LogP contribution in [0.2, 0.25) is 0 Å². The summed E-state index contributed by atoms with van der Waals surface area (Å²) in [6, 6.07) is 6.15. The first-order valence-corrected chi connectivity index (χ1v) is 6.56. The number of hydrogen-bond acceptors (Lipinski definition) is 3. The van der Waals surface area contributed by atoms with Gasteiger partial charge in [-0.2, -0.15) is 0 Å². The summed E-state index contributed by atoms with van der Waals surface area (Å²) in [5.74, 6) is -2.02. The Balaban J connectivity index is 2.74. The van der Waals surface area contributed by atoms with Gasteiger partial charge in [-0.15, -0.1) is 0 Å². The molecule has 1 atom stereocenters. The zero-order chi connectivity index (χ0) is 14.6. The van der Waals surface area contributed by atoms with Gasteiger partial charge in [0.2, 0.25) is 5.91 Å². The molecule has 0 radical (unpaired) electrons. The van der Waals surface area contributed by atoms with Crippen LogP contribution in [0.3, 0.4) is 0 Å². The molecule has 0 spiro atoms. The van der Waals surface area contributed by atoms with Gasteiger partial charge >= 0.3 is 5.97 Å². The molecule has 1 amide bonds. The van der Waals surface area contributed by atoms with E-state index in [0.29, 0.717) is 6.54 Å². The van der Waals surface area contributed by atoms with Crippen molar-refractivity contribution in [2.75, 3.05) is 6.54 Å². The van der Waals surface area contributed by atoms with E-state index in [1.807, 2.05) is 38.1 Å². The molecule has 4 N–H and O–H groups in total. The van der Waals surface area contributed by atoms with E-state index in [1.165, 1.54) is 0 Å². The number of rotatable bonds is 5. The molecule has 0 saturated heterocycles. The fourth-order valence-electron chi connectivity index (χ4n) is 1.64. The smallest absolute Gasteiger partial charge is 0.330 e. The largest absolute Gasteiger partial charge is 0.480 e. The molecule has 0 heterocycles. The minimum absolute atomic E-state index is 0.301. The van der Waals surface area contributed by atoms with Crippen molar-refractivity contribution < 1.29 is 14.7 Å². The first-order chi connectivity index (χ1) is 8.75. The molecule has 5 nitrogen and oxygen atoms in total. The summed E-state index contributed by atoms with van der Waals surface area (Å²) < 4.78 is 0.941. The second kappa shape index (κ2) is 6.16. The van der Waals surface area contributed by atoms with Crippen LogP contribution in [0, 0.1) is 0 Å². The van der Waals surface area contributed by atoms with Crippen molar-refractivity contribution in [2.45, 2.75) is 25.3 Å². The highest BCUT2D eigenvalue weighted by Crippen LogP contribution is 2.29. The molecule has 1 unspecified atom stereocenters. The Hall–Kier alpha value is -1.40. The van der Waals surface area contributed by atoms with Crippen LogP contribution in [0.25, 0.3) is 0 Å². The van der Waals surface area contributed by atoms with E-state index in [4.69, 9.17) is 10.8 Å². The molecular weight excluding hydrogens is 312 g/mol. The number of nitrogens with one attached hydrogen (secondary N) is 1. The number of benzene rings is 1. The Morgan fingerprint density at radius 1 is 1.42 bits per heavy atom. The maximum absolute atomic E-state index is 11.5. The normalized spacial score (nSPS) is 12.8. The average molecular weight is 329 g/mol. The van der Waals surface area contributed by atoms with Crippen LogP contribution in [-0.2, 0) is 15.0 Å². The van der Waals surface area contributed by atoms with E-state index in [9.17, 15) is 9.59 Å². The van der Waals surface area contributed by atoms with Crippen LogP contribution < -0.4 is 11.1 Å². The van der Waals surface area contributed by atoms with Crippen molar-refractivity contribution in [3.63, 3.8) is 0 Å². The molecule has 1 aromatic carbocycles. The van der Waals surface area contributed by atoms with Gasteiger partial charge in [-0.25, -0.2) is 4.79 Å². The molecule has 104 valence electrons. The standard InChI is InChI=1S/C13H17BrN2O3/c1-13(2,8-5-3-4-6-9(8)14)7-16-11(17)10(15)12(18)19/h3-6,10H,7,15H2,1-2H3,(H,16,17)(H,18,19). The second-order valence-corrected chi connectivity index (χ2v) is 5.75. The minimum Gasteiger partial charge on any atom is -0.480 e. The number of hydrogen-bond donors (Lipinski definition) is 3. The SMILES string of the molecule is CC(C)(CNC(=O)C(N)C(=O)O)c1ccccc1Br. The molecule has 0 bridgehead atoms. The van der Waals surface area contributed by atoms with Crippen molar-refractivity contribution in [1.29, 1.82) is 0 Å². The molecule has 0 saturated carbocycles. The zero-order valence-corrected chi connectivity index (χ0v) is 12.4. The third-order valence-electron chi connectivity index (χ3n) is 2.86. The lowest BCUT2D eigenvalue weighted by atomic mass is 9.84. The number of carboxylic acids is 1. The third kappa shape index (κ3) is 4.04. The van der Waals surface area contributed by atoms with Gasteiger partial charge in [0.25, 0.3) is 0 Å². The minimum atomic E-state index is -1.53. The lowest BCUT2D eigenvalue weighted by molar-refractivity contribution is -0.142. The van der Waals surface area contributed by atoms with Crippen LogP contribution in [0.5, 0.6) is 0 Å². The molecule has 19 heavy (non-hydrogen) atoms. The first-order valence-electron chi connectivity index (χ1n) is 5.77. The van der Waals surface area contributed by atoms with Gasteiger partial charge in [-0.05, 0) is 11.6 Å². The van der Waals surface area contributed by atoms with Crippen molar-refractivity contribution in [2.24, 2.45) is 5.73 Å². The zero-order valence-electron chi connectivity index (χ0n) is 10.8. The van der Waals surface area contributed by atoms with Gasteiger partial charge in [0.1, 0.15) is 0 Å². The van der Waals surface area contributed by atoms with Crippen molar-refractivity contribution in [3.8, 4) is 0 Å². The van der Waals surface area contributed by atoms with E-state index < -0.39 is 17.9 Å². The molecule has 0 aliphatic rings. The Morgan fingerprint density at radius 3 is 2.53 bits per heavy atom. The van der Waals surface area contributed by atoms with E-state index in [-0.39, 0.29) is 5.41 Å². The van der Waals surface area contributed by atoms with Crippen LogP contribution >= 0.6 is 15.9 Å². The molecule has 1 aromatic rings. The van der Waals surface area contributed by atoms with Gasteiger partial charge in [0.05, 0.1) is 0 Å². The van der Waals surface area contributed by atoms with E-state index in [0.717, 1.165) is 10.0 Å². The topological polar surface area (TPSA) is 92.4 Å². The summed E-state index contributed by atoms with van der Waals surface area (Å²) in [7, 11) is 0. The van der Waals surface area contributed by atoms with Crippen molar-refractivity contribution >= 4 is 27.8 Å². The average Bonchev–Trinajstić information content (AvgIpc) is 2.35. The highest BCUT2D eigenvalue weighted by atomic mass is 79.9. The van der Waals surface area contributed by atoms with Crippen LogP contribution in [-0.4, -0.2) is 29.6 Å². The second-order valence-electron chi connectivity index (χ2n) is 4.90. The van der Waals surface area contributed by atoms with Crippen LogP contribution in [0.4, 0.5) is 0 Å². The predicted octanol–water partition coefficient (Wildman–Crippen LogP) is 1.25. The molecule has 0 aliphatic heterocycles. The number of nitrogens with two attached hydrogens (primary N) is 1. The molecule has 0 aliphatic carbocycles. The van der Waals surface area contributed by atoms with Crippen molar-refractivity contribution in [3.05, 3.63) is 34.3 Å². The number of aliphatic carboxylic acids is 1. The van der Waals surface area contributed by atoms with E-state index >= 15 is 0 Å². The van der Waals surface area contributed by atoms with Gasteiger partial charge in [0.15, 0.2) is 6.04 Å². The maximum Gasteiger partial charge on any atom is 0.330 e. The summed E-state index contributed by atoms with van der Waals surface area (Å²) >= 11 is 3.46. The summed E-state index contributed by atoms with van der Waals surface area (Å²) in [6.07, 6.45) is 0. The summed E-state index contributed by atoms with van der Waals surface area (Å²) in [4.78, 5) is 22.1. The number of carbonyl (C=O) groups is 2. The summed E-state index contributed by atoms with van der Waals surface area (Å²) in [5.41, 5.74) is 5.92. The quantitative estimate of drug-likeness (QED) is 0.709. The number of carbonyl (C=O) groups excluding carboxylic acids is 1. The highest BCUT2D eigenvalue weighted by molar-refractivity contribution is 9.10. The molecule has 6 heteroatoms. The predicted molar refractivity (Wildman–Crippen MR) is 75.8 cm³/mol. The lowest BCUT2D eigenvalue weighted by Crippen LogP contribution is -2.49. The van der Waals surface area contributed by atoms with Crippen LogP contribution in [0.1, 0.15) is 19.4 Å². The summed E-state index contributed by atoms with van der Waals surface area (Å²) in [6.45, 7) is 4.22. The van der Waals surface area contributed by atoms with Gasteiger partial charge < -0.3 is 16.2 Å². The Kier molecular flexibility index (Phi) is 5.08. The summed E-state index contributed by atoms with van der Waals surface area (Å²) in [5, 5.41) is 11.2. The number of carboxylic acid groups (broad SMARTS) is 1. The first kappa shape index (κ1) is 15.7. The lowest BCUT2D eigenvalue weighted by Gasteiger charge is -2.27. The fourth-order valence-corrected chi connectivity index (χ4v) is 2.46. The van der Waals surface area contributed by atoms with E-state index in [1.54, 1.807) is 0 Å². The Labute approximate surface area is 120 Å². The van der Waals surface area contributed by atoms with Crippen molar-refractivity contribution in [1.82, 2.24) is 5.32 Å². The fraction of sp³-hybridized carbons (Fsp3) is 0.385. The molecule has 0 aromatic heterocycles. The molecular formula is C13H17BrN2O3. The Bertz CT molecular complexity index is 489. The van der Waals surface area contributed by atoms with Gasteiger partial charge in [-0.1, -0.05) is 48.0 Å². The number of halogens is 1. The highest BCUT2D eigenvalue weighted by Gasteiger charge is 2.26. The van der Waals surface area contributed by atoms with Crippen LogP contribution in [0.15, 0.2) is 28.7 Å². The van der Waals surface area contributed by atoms with E-state index in [2.05, 4.69) is 21.2 Å². The molecule has 0 fully saturated rings. The molecule has 1 rings (SSSR count).